The third-order valence-corrected chi connectivity index (χ3v) is 5.23. The molecular weight excluding hydrogens is 414 g/mol. The predicted molar refractivity (Wildman–Crippen MR) is 115 cm³/mol. The molecule has 8 heteroatoms. The first kappa shape index (κ1) is 20.9. The number of carbonyl (C=O) groups excluding carboxylic acids is 1. The van der Waals surface area contributed by atoms with E-state index in [2.05, 4.69) is 4.98 Å². The maximum Gasteiger partial charge on any atom is 0.372 e. The van der Waals surface area contributed by atoms with Gasteiger partial charge in [-0.15, -0.1) is 0 Å². The van der Waals surface area contributed by atoms with E-state index in [1.165, 1.54) is 6.20 Å². The minimum atomic E-state index is -1.40. The lowest BCUT2D eigenvalue weighted by molar-refractivity contribution is -0.137. The summed E-state index contributed by atoms with van der Waals surface area (Å²) in [5.41, 5.74) is 2.08. The van der Waals surface area contributed by atoms with Gasteiger partial charge >= 0.3 is 11.9 Å². The number of furan rings is 1. The average molecular weight is 433 g/mol. The zero-order valence-electron chi connectivity index (χ0n) is 16.8. The van der Waals surface area contributed by atoms with Crippen LogP contribution in [0.25, 0.3) is 22.0 Å². The molecule has 32 heavy (non-hydrogen) atoms. The summed E-state index contributed by atoms with van der Waals surface area (Å²) in [6.07, 6.45) is 2.45. The second-order valence-corrected chi connectivity index (χ2v) is 7.27. The van der Waals surface area contributed by atoms with E-state index in [1.807, 2.05) is 6.07 Å². The normalized spacial score (nSPS) is 11.0. The molecule has 0 aliphatic rings. The van der Waals surface area contributed by atoms with Crippen LogP contribution in [0.1, 0.15) is 45.1 Å². The standard InChI is InChI=1S/C24H19NO7/c26-17(27)11-5-9-14-8-4-10-15-16(12-25-19(14)15)20(28)23-21(29)18(22(32-23)24(30)31)13-6-2-1-3-7-13/h1-4,6-8,10,12,25,29H,5,9,11H2,(H,26,27)(H,30,31). The number of nitrogens with one attached hydrogen (secondary N) is 1. The molecule has 0 fully saturated rings. The fourth-order valence-corrected chi connectivity index (χ4v) is 3.77. The number of hydrogen-bond acceptors (Lipinski definition) is 5. The number of hydrogen-bond donors (Lipinski definition) is 4. The lowest BCUT2D eigenvalue weighted by Gasteiger charge is -2.03. The van der Waals surface area contributed by atoms with Crippen LogP contribution in [-0.2, 0) is 11.2 Å². The van der Waals surface area contributed by atoms with E-state index in [0.717, 1.165) is 5.56 Å². The van der Waals surface area contributed by atoms with Crippen LogP contribution in [0.15, 0.2) is 59.1 Å². The van der Waals surface area contributed by atoms with E-state index in [4.69, 9.17) is 9.52 Å². The number of aromatic hydroxyl groups is 1. The smallest absolute Gasteiger partial charge is 0.372 e. The van der Waals surface area contributed by atoms with Gasteiger partial charge in [0.05, 0.1) is 11.1 Å². The Bertz CT molecular complexity index is 1330. The number of aryl methyl sites for hydroxylation is 1. The number of carboxylic acid groups (broad SMARTS) is 2. The molecule has 0 atom stereocenters. The monoisotopic (exact) mass is 433 g/mol. The molecule has 0 aliphatic carbocycles. The molecule has 0 saturated heterocycles. The van der Waals surface area contributed by atoms with Crippen LogP contribution in [0.3, 0.4) is 0 Å². The first-order valence-electron chi connectivity index (χ1n) is 9.88. The van der Waals surface area contributed by atoms with Gasteiger partial charge in [0.1, 0.15) is 0 Å². The lowest BCUT2D eigenvalue weighted by Crippen LogP contribution is -2.00. The van der Waals surface area contributed by atoms with Gasteiger partial charge in [0, 0.05) is 23.5 Å². The number of aliphatic carboxylic acids is 1. The Morgan fingerprint density at radius 1 is 0.938 bits per heavy atom. The van der Waals surface area contributed by atoms with E-state index >= 15 is 0 Å². The Labute approximate surface area is 181 Å². The van der Waals surface area contributed by atoms with Gasteiger partial charge in [0.15, 0.2) is 5.75 Å². The van der Waals surface area contributed by atoms with Crippen LogP contribution in [-0.4, -0.2) is 38.0 Å². The van der Waals surface area contributed by atoms with Crippen molar-refractivity contribution >= 4 is 28.6 Å². The van der Waals surface area contributed by atoms with Crippen molar-refractivity contribution in [2.24, 2.45) is 0 Å². The molecule has 0 saturated carbocycles. The Kier molecular flexibility index (Phi) is 5.51. The van der Waals surface area contributed by atoms with E-state index in [9.17, 15) is 24.6 Å². The molecule has 0 unspecified atom stereocenters. The second-order valence-electron chi connectivity index (χ2n) is 7.27. The topological polar surface area (TPSA) is 141 Å². The van der Waals surface area contributed by atoms with Gasteiger partial charge in [-0.2, -0.15) is 0 Å². The Morgan fingerprint density at radius 2 is 1.69 bits per heavy atom. The number of aromatic nitrogens is 1. The van der Waals surface area contributed by atoms with Gasteiger partial charge in [0.25, 0.3) is 0 Å². The Morgan fingerprint density at radius 3 is 2.38 bits per heavy atom. The van der Waals surface area contributed by atoms with Crippen molar-refractivity contribution < 1.29 is 34.1 Å². The van der Waals surface area contributed by atoms with Crippen LogP contribution < -0.4 is 0 Å². The van der Waals surface area contributed by atoms with Crippen molar-refractivity contribution in [2.75, 3.05) is 0 Å². The zero-order valence-corrected chi connectivity index (χ0v) is 16.8. The van der Waals surface area contributed by atoms with Crippen molar-refractivity contribution in [1.29, 1.82) is 0 Å². The highest BCUT2D eigenvalue weighted by Crippen LogP contribution is 2.40. The first-order valence-corrected chi connectivity index (χ1v) is 9.88. The second kappa shape index (κ2) is 8.43. The minimum Gasteiger partial charge on any atom is -0.504 e. The summed E-state index contributed by atoms with van der Waals surface area (Å²) >= 11 is 0. The summed E-state index contributed by atoms with van der Waals surface area (Å²) < 4.78 is 5.34. The third-order valence-electron chi connectivity index (χ3n) is 5.23. The molecule has 0 spiro atoms. The van der Waals surface area contributed by atoms with Crippen molar-refractivity contribution in [2.45, 2.75) is 19.3 Å². The Hall–Kier alpha value is -4.33. The van der Waals surface area contributed by atoms with E-state index in [0.29, 0.717) is 29.3 Å². The number of para-hydroxylation sites is 1. The molecule has 0 aliphatic heterocycles. The van der Waals surface area contributed by atoms with Gasteiger partial charge < -0.3 is 24.7 Å². The fourth-order valence-electron chi connectivity index (χ4n) is 3.77. The SMILES string of the molecule is O=C(O)CCCc1cccc2c(C(=O)c3oc(C(=O)O)c(-c4ccccc4)c3O)c[nH]c12. The van der Waals surface area contributed by atoms with Gasteiger partial charge in [-0.3, -0.25) is 9.59 Å². The summed E-state index contributed by atoms with van der Waals surface area (Å²) in [7, 11) is 0. The molecule has 2 aromatic carbocycles. The number of H-pyrrole nitrogens is 1. The van der Waals surface area contributed by atoms with Crippen LogP contribution in [0.4, 0.5) is 0 Å². The van der Waals surface area contributed by atoms with Gasteiger partial charge in [-0.25, -0.2) is 4.79 Å². The fraction of sp³-hybridized carbons (Fsp3) is 0.125. The molecule has 2 heterocycles. The maximum atomic E-state index is 13.2. The van der Waals surface area contributed by atoms with Crippen LogP contribution in [0.5, 0.6) is 5.75 Å². The molecule has 8 nitrogen and oxygen atoms in total. The van der Waals surface area contributed by atoms with E-state index < -0.39 is 35.0 Å². The van der Waals surface area contributed by atoms with Gasteiger partial charge in [-0.1, -0.05) is 48.5 Å². The quantitative estimate of drug-likeness (QED) is 0.300. The average Bonchev–Trinajstić information content (AvgIpc) is 3.36. The van der Waals surface area contributed by atoms with Crippen molar-refractivity contribution in [1.82, 2.24) is 4.98 Å². The number of fused-ring (bicyclic) bond motifs is 1. The summed E-state index contributed by atoms with van der Waals surface area (Å²) in [5, 5.41) is 29.7. The summed E-state index contributed by atoms with van der Waals surface area (Å²) in [5.74, 6) is -4.47. The molecule has 2 aromatic heterocycles. The summed E-state index contributed by atoms with van der Waals surface area (Å²) in [6.45, 7) is 0. The van der Waals surface area contributed by atoms with Crippen LogP contribution in [0, 0.1) is 0 Å². The lowest BCUT2D eigenvalue weighted by atomic mass is 10.0. The molecule has 0 amide bonds. The van der Waals surface area contributed by atoms with E-state index in [1.54, 1.807) is 42.5 Å². The van der Waals surface area contributed by atoms with Crippen LogP contribution >= 0.6 is 0 Å². The highest BCUT2D eigenvalue weighted by molar-refractivity contribution is 6.18. The molecule has 4 N–H and O–H groups in total. The largest absolute Gasteiger partial charge is 0.504 e. The predicted octanol–water partition coefficient (Wildman–Crippen LogP) is 4.47. The molecule has 4 aromatic rings. The Balaban J connectivity index is 1.76. The minimum absolute atomic E-state index is 0.0311. The summed E-state index contributed by atoms with van der Waals surface area (Å²) in [6, 6.07) is 13.6. The number of carbonyl (C=O) groups is 3. The molecular formula is C24H19NO7. The molecule has 0 radical (unpaired) electrons. The van der Waals surface area contributed by atoms with Crippen molar-refractivity contribution in [3.8, 4) is 16.9 Å². The van der Waals surface area contributed by atoms with Crippen molar-refractivity contribution in [3.63, 3.8) is 0 Å². The first-order chi connectivity index (χ1) is 15.4. The van der Waals surface area contributed by atoms with Gasteiger partial charge in [0.2, 0.25) is 17.3 Å². The number of carboxylic acids is 2. The molecule has 4 rings (SSSR count). The maximum absolute atomic E-state index is 13.2. The number of aromatic carboxylic acids is 1. The van der Waals surface area contributed by atoms with Crippen LogP contribution in [0.2, 0.25) is 0 Å². The van der Waals surface area contributed by atoms with E-state index in [-0.39, 0.29) is 17.5 Å². The zero-order chi connectivity index (χ0) is 22.8. The molecule has 162 valence electrons. The van der Waals surface area contributed by atoms with Crippen molar-refractivity contribution in [3.05, 3.63) is 77.4 Å². The highest BCUT2D eigenvalue weighted by Gasteiger charge is 2.31. The van der Waals surface area contributed by atoms with Gasteiger partial charge in [-0.05, 0) is 24.0 Å². The third kappa shape index (κ3) is 3.74. The number of ketones is 1. The number of aromatic amines is 1. The number of rotatable bonds is 8. The number of benzene rings is 2. The summed E-state index contributed by atoms with van der Waals surface area (Å²) in [4.78, 5) is 38.8. The highest BCUT2D eigenvalue weighted by atomic mass is 16.4. The molecule has 0 bridgehead atoms.